The lowest BCUT2D eigenvalue weighted by atomic mass is 10.0. The molecular weight excluding hydrogens is 598 g/mol. The predicted molar refractivity (Wildman–Crippen MR) is 182 cm³/mol. The molecule has 0 aliphatic heterocycles. The average molecular weight is 642 g/mol. The molecule has 0 heterocycles. The quantitative estimate of drug-likeness (QED) is 0.170. The molecule has 4 aromatic rings. The Hall–Kier alpha value is -4.63. The zero-order chi connectivity index (χ0) is 33.1. The van der Waals surface area contributed by atoms with Crippen molar-refractivity contribution in [3.8, 4) is 5.75 Å². The number of amides is 2. The van der Waals surface area contributed by atoms with Crippen LogP contribution in [0.25, 0.3) is 0 Å². The fourth-order valence-electron chi connectivity index (χ4n) is 5.05. The van der Waals surface area contributed by atoms with Gasteiger partial charge in [-0.25, -0.2) is 8.42 Å². The van der Waals surface area contributed by atoms with E-state index in [1.807, 2.05) is 82.3 Å². The van der Waals surface area contributed by atoms with Gasteiger partial charge in [-0.1, -0.05) is 84.8 Å². The molecule has 4 rings (SSSR count). The first-order valence-electron chi connectivity index (χ1n) is 15.6. The number of sulfonamides is 1. The minimum atomic E-state index is -4.18. The van der Waals surface area contributed by atoms with Gasteiger partial charge in [0.1, 0.15) is 18.3 Å². The molecule has 46 heavy (non-hydrogen) atoms. The van der Waals surface area contributed by atoms with Crippen molar-refractivity contribution in [2.45, 2.75) is 58.0 Å². The van der Waals surface area contributed by atoms with E-state index in [9.17, 15) is 18.0 Å². The van der Waals surface area contributed by atoms with E-state index in [0.717, 1.165) is 33.0 Å². The molecule has 0 bridgehead atoms. The lowest BCUT2D eigenvalue weighted by Gasteiger charge is -2.34. The van der Waals surface area contributed by atoms with Crippen molar-refractivity contribution in [2.24, 2.45) is 0 Å². The Morgan fingerprint density at radius 3 is 1.98 bits per heavy atom. The summed E-state index contributed by atoms with van der Waals surface area (Å²) in [6.45, 7) is 8.21. The van der Waals surface area contributed by atoms with E-state index in [1.54, 1.807) is 36.4 Å². The van der Waals surface area contributed by atoms with E-state index in [-0.39, 0.29) is 23.8 Å². The second kappa shape index (κ2) is 16.1. The number of rotatable bonds is 15. The van der Waals surface area contributed by atoms with Gasteiger partial charge in [0.05, 0.1) is 17.2 Å². The Bertz CT molecular complexity index is 1670. The monoisotopic (exact) mass is 641 g/mol. The van der Waals surface area contributed by atoms with Gasteiger partial charge in [-0.15, -0.1) is 0 Å². The zero-order valence-corrected chi connectivity index (χ0v) is 27.8. The standard InChI is InChI=1S/C37H43N3O5S/c1-5-24-38-37(42)35(25-30-10-8-7-9-11-30)39(26-31-16-12-28(3)13-17-31)36(41)27-40(32-18-20-33(21-19-32)45-6-2)46(43,44)34-22-14-29(4)15-23-34/h7-23,35H,5-6,24-27H2,1-4H3,(H,38,42). The van der Waals surface area contributed by atoms with Crippen LogP contribution in [0.15, 0.2) is 108 Å². The van der Waals surface area contributed by atoms with Crippen LogP contribution < -0.4 is 14.4 Å². The molecule has 0 aliphatic carbocycles. The largest absolute Gasteiger partial charge is 0.494 e. The molecule has 1 atom stereocenters. The van der Waals surface area contributed by atoms with Crippen molar-refractivity contribution in [1.82, 2.24) is 10.2 Å². The third-order valence-corrected chi connectivity index (χ3v) is 9.41. The Morgan fingerprint density at radius 2 is 1.39 bits per heavy atom. The predicted octanol–water partition coefficient (Wildman–Crippen LogP) is 6.06. The maximum absolute atomic E-state index is 14.5. The van der Waals surface area contributed by atoms with Gasteiger partial charge in [0, 0.05) is 19.5 Å². The summed E-state index contributed by atoms with van der Waals surface area (Å²) >= 11 is 0. The molecule has 1 N–H and O–H groups in total. The summed E-state index contributed by atoms with van der Waals surface area (Å²) in [6, 6.07) is 29.5. The number of hydrogen-bond acceptors (Lipinski definition) is 5. The summed E-state index contributed by atoms with van der Waals surface area (Å²) in [5, 5.41) is 2.97. The highest BCUT2D eigenvalue weighted by atomic mass is 32.2. The van der Waals surface area contributed by atoms with Gasteiger partial charge in [-0.2, -0.15) is 0 Å². The van der Waals surface area contributed by atoms with Gasteiger partial charge >= 0.3 is 0 Å². The molecule has 0 aromatic heterocycles. The number of benzene rings is 4. The number of aryl methyl sites for hydroxylation is 2. The second-order valence-electron chi connectivity index (χ2n) is 11.3. The molecule has 0 saturated carbocycles. The molecule has 0 spiro atoms. The molecule has 242 valence electrons. The number of carbonyl (C=O) groups excluding carboxylic acids is 2. The van der Waals surface area contributed by atoms with Crippen LogP contribution in [0.3, 0.4) is 0 Å². The summed E-state index contributed by atoms with van der Waals surface area (Å²) in [5.41, 5.74) is 4.00. The number of ether oxygens (including phenoxy) is 1. The second-order valence-corrected chi connectivity index (χ2v) is 13.1. The number of hydrogen-bond donors (Lipinski definition) is 1. The normalized spacial score (nSPS) is 11.8. The van der Waals surface area contributed by atoms with Gasteiger partial charge in [0.25, 0.3) is 10.0 Å². The lowest BCUT2D eigenvalue weighted by Crippen LogP contribution is -2.53. The smallest absolute Gasteiger partial charge is 0.264 e. The van der Waals surface area contributed by atoms with Crippen LogP contribution in [-0.2, 0) is 32.6 Å². The molecule has 0 radical (unpaired) electrons. The summed E-state index contributed by atoms with van der Waals surface area (Å²) in [5.74, 6) is -0.209. The third kappa shape index (κ3) is 8.97. The van der Waals surface area contributed by atoms with E-state index in [4.69, 9.17) is 4.74 Å². The summed E-state index contributed by atoms with van der Waals surface area (Å²) in [4.78, 5) is 29.8. The molecule has 0 saturated heterocycles. The van der Waals surface area contributed by atoms with Gasteiger partial charge < -0.3 is 15.0 Å². The first-order valence-corrected chi connectivity index (χ1v) is 17.0. The van der Waals surface area contributed by atoms with Gasteiger partial charge in [-0.05, 0) is 74.7 Å². The minimum absolute atomic E-state index is 0.0615. The highest BCUT2D eigenvalue weighted by Crippen LogP contribution is 2.27. The fraction of sp³-hybridized carbons (Fsp3) is 0.297. The van der Waals surface area contributed by atoms with Crippen molar-refractivity contribution in [1.29, 1.82) is 0 Å². The highest BCUT2D eigenvalue weighted by Gasteiger charge is 2.34. The molecule has 4 aromatic carbocycles. The van der Waals surface area contributed by atoms with E-state index in [2.05, 4.69) is 5.32 Å². The van der Waals surface area contributed by atoms with E-state index in [0.29, 0.717) is 24.6 Å². The topological polar surface area (TPSA) is 96.0 Å². The molecule has 1 unspecified atom stereocenters. The summed E-state index contributed by atoms with van der Waals surface area (Å²) < 4.78 is 35.1. The average Bonchev–Trinajstić information content (AvgIpc) is 3.06. The zero-order valence-electron chi connectivity index (χ0n) is 27.0. The van der Waals surface area contributed by atoms with Crippen molar-refractivity contribution >= 4 is 27.5 Å². The Labute approximate surface area is 273 Å². The van der Waals surface area contributed by atoms with Crippen molar-refractivity contribution in [3.63, 3.8) is 0 Å². The summed E-state index contributed by atoms with van der Waals surface area (Å²) in [6.07, 6.45) is 0.998. The molecule has 8 nitrogen and oxygen atoms in total. The minimum Gasteiger partial charge on any atom is -0.494 e. The number of nitrogens with zero attached hydrogens (tertiary/aromatic N) is 2. The van der Waals surface area contributed by atoms with E-state index >= 15 is 0 Å². The number of nitrogens with one attached hydrogen (secondary N) is 1. The van der Waals surface area contributed by atoms with Crippen LogP contribution in [0.2, 0.25) is 0 Å². The summed E-state index contributed by atoms with van der Waals surface area (Å²) in [7, 11) is -4.18. The first-order chi connectivity index (χ1) is 22.1. The molecule has 0 aliphatic rings. The Balaban J connectivity index is 1.79. The molecule has 0 fully saturated rings. The third-order valence-electron chi connectivity index (χ3n) is 7.62. The van der Waals surface area contributed by atoms with Crippen LogP contribution in [0.1, 0.15) is 42.5 Å². The molecule has 9 heteroatoms. The number of carbonyl (C=O) groups is 2. The van der Waals surface area contributed by atoms with Crippen LogP contribution in [0, 0.1) is 13.8 Å². The van der Waals surface area contributed by atoms with Crippen LogP contribution in [-0.4, -0.2) is 50.9 Å². The van der Waals surface area contributed by atoms with Crippen LogP contribution in [0.5, 0.6) is 5.75 Å². The van der Waals surface area contributed by atoms with Crippen molar-refractivity contribution in [3.05, 3.63) is 125 Å². The fourth-order valence-corrected chi connectivity index (χ4v) is 6.47. The van der Waals surface area contributed by atoms with E-state index < -0.39 is 28.5 Å². The van der Waals surface area contributed by atoms with Crippen LogP contribution in [0.4, 0.5) is 5.69 Å². The van der Waals surface area contributed by atoms with Crippen molar-refractivity contribution in [2.75, 3.05) is 24.0 Å². The maximum Gasteiger partial charge on any atom is 0.264 e. The SMILES string of the molecule is CCCNC(=O)C(Cc1ccccc1)N(Cc1ccc(C)cc1)C(=O)CN(c1ccc(OCC)cc1)S(=O)(=O)c1ccc(C)cc1. The van der Waals surface area contributed by atoms with Crippen molar-refractivity contribution < 1.29 is 22.7 Å². The lowest BCUT2D eigenvalue weighted by molar-refractivity contribution is -0.140. The Kier molecular flexibility index (Phi) is 12.0. The maximum atomic E-state index is 14.5. The van der Waals surface area contributed by atoms with Gasteiger partial charge in [0.15, 0.2) is 0 Å². The molecule has 2 amide bonds. The Morgan fingerprint density at radius 1 is 0.783 bits per heavy atom. The van der Waals surface area contributed by atoms with E-state index in [1.165, 1.54) is 17.0 Å². The highest BCUT2D eigenvalue weighted by molar-refractivity contribution is 7.92. The first kappa shape index (κ1) is 34.2. The molecular formula is C37H43N3O5S. The van der Waals surface area contributed by atoms with Crippen LogP contribution >= 0.6 is 0 Å². The van der Waals surface area contributed by atoms with Gasteiger partial charge in [0.2, 0.25) is 11.8 Å². The number of anilines is 1. The van der Waals surface area contributed by atoms with Gasteiger partial charge in [-0.3, -0.25) is 13.9 Å².